The maximum Gasteiger partial charge on any atom is 0.335 e. The molecule has 0 heterocycles. The summed E-state index contributed by atoms with van der Waals surface area (Å²) in [5, 5.41) is 11.7. The van der Waals surface area contributed by atoms with Crippen LogP contribution >= 0.6 is 0 Å². The number of aromatic carboxylic acids is 1. The van der Waals surface area contributed by atoms with Crippen molar-refractivity contribution in [1.82, 2.24) is 0 Å². The highest BCUT2D eigenvalue weighted by molar-refractivity contribution is 6.80. The van der Waals surface area contributed by atoms with Gasteiger partial charge >= 0.3 is 5.97 Å². The molecular weight excluding hydrogens is 392 g/mol. The van der Waals surface area contributed by atoms with E-state index in [4.69, 9.17) is 4.43 Å². The number of benzene rings is 3. The molecule has 0 spiro atoms. The fraction of sp³-hybridized carbons (Fsp3) is 0.200. The first kappa shape index (κ1) is 21.7. The van der Waals surface area contributed by atoms with Crippen molar-refractivity contribution < 1.29 is 19.1 Å². The zero-order chi connectivity index (χ0) is 21.7. The lowest BCUT2D eigenvalue weighted by atomic mass is 9.84. The van der Waals surface area contributed by atoms with Crippen LogP contribution in [0.1, 0.15) is 53.2 Å². The Balaban J connectivity index is 2.11. The summed E-state index contributed by atoms with van der Waals surface area (Å²) >= 11 is 0. The van der Waals surface area contributed by atoms with Gasteiger partial charge in [-0.2, -0.15) is 0 Å². The first-order valence-corrected chi connectivity index (χ1v) is 11.2. The van der Waals surface area contributed by atoms with Gasteiger partial charge in [0.15, 0.2) is 0 Å². The van der Waals surface area contributed by atoms with Crippen molar-refractivity contribution in [1.29, 1.82) is 0 Å². The van der Waals surface area contributed by atoms with Crippen LogP contribution in [0.5, 0.6) is 0 Å². The molecule has 3 aromatic carbocycles. The molecule has 0 saturated heterocycles. The van der Waals surface area contributed by atoms with Gasteiger partial charge in [-0.25, -0.2) is 4.79 Å². The summed E-state index contributed by atoms with van der Waals surface area (Å²) in [5.41, 5.74) is 0.784. The highest BCUT2D eigenvalue weighted by Gasteiger charge is 2.33. The van der Waals surface area contributed by atoms with E-state index in [0.717, 1.165) is 10.4 Å². The Kier molecular flexibility index (Phi) is 6.65. The van der Waals surface area contributed by atoms with Gasteiger partial charge in [0.2, 0.25) is 0 Å². The maximum absolute atomic E-state index is 11.6. The smallest absolute Gasteiger partial charge is 0.335 e. The molecule has 0 aromatic heterocycles. The van der Waals surface area contributed by atoms with Gasteiger partial charge in [-0.05, 0) is 39.6 Å². The second-order valence-corrected chi connectivity index (χ2v) is 10.3. The third kappa shape index (κ3) is 5.12. The van der Waals surface area contributed by atoms with E-state index in [1.54, 1.807) is 12.1 Å². The summed E-state index contributed by atoms with van der Waals surface area (Å²) in [6.07, 6.45) is 0.278. The van der Waals surface area contributed by atoms with Crippen molar-refractivity contribution >= 4 is 31.7 Å². The quantitative estimate of drug-likeness (QED) is 0.464. The van der Waals surface area contributed by atoms with Crippen molar-refractivity contribution in [3.63, 3.8) is 0 Å². The molecular formula is C25H25O4Si. The van der Waals surface area contributed by atoms with Crippen LogP contribution < -0.4 is 10.4 Å². The van der Waals surface area contributed by atoms with Crippen LogP contribution in [0, 0.1) is 5.41 Å². The summed E-state index contributed by atoms with van der Waals surface area (Å²) in [5.74, 6) is -1.07. The number of carbonyl (C=O) groups excluding carboxylic acids is 1. The van der Waals surface area contributed by atoms with E-state index in [9.17, 15) is 14.7 Å². The molecule has 30 heavy (non-hydrogen) atoms. The molecule has 1 atom stereocenters. The second-order valence-electron chi connectivity index (χ2n) is 8.24. The SMILES string of the molecule is CC(C)(C)C(O[Si](c1ccccc1)c1ccccc1)c1cc(C=O)cc(C(=O)O)c1. The molecule has 4 nitrogen and oxygen atoms in total. The molecule has 1 unspecified atom stereocenters. The minimum Gasteiger partial charge on any atom is -0.478 e. The Morgan fingerprint density at radius 1 is 0.933 bits per heavy atom. The van der Waals surface area contributed by atoms with E-state index in [-0.39, 0.29) is 11.0 Å². The normalized spacial score (nSPS) is 12.5. The first-order valence-electron chi connectivity index (χ1n) is 9.77. The van der Waals surface area contributed by atoms with Crippen molar-refractivity contribution in [3.05, 3.63) is 95.6 Å². The monoisotopic (exact) mass is 417 g/mol. The van der Waals surface area contributed by atoms with Crippen LogP contribution in [-0.4, -0.2) is 26.4 Å². The van der Waals surface area contributed by atoms with Crippen LogP contribution in [0.15, 0.2) is 78.9 Å². The predicted molar refractivity (Wildman–Crippen MR) is 120 cm³/mol. The third-order valence-corrected chi connectivity index (χ3v) is 6.94. The Hall–Kier alpha value is -3.02. The van der Waals surface area contributed by atoms with E-state index < -0.39 is 21.1 Å². The molecule has 0 amide bonds. The molecule has 5 heteroatoms. The van der Waals surface area contributed by atoms with Crippen LogP contribution in [0.2, 0.25) is 0 Å². The Bertz CT molecular complexity index is 971. The number of carbonyl (C=O) groups is 2. The number of rotatable bonds is 7. The third-order valence-electron chi connectivity index (χ3n) is 4.76. The molecule has 153 valence electrons. The average molecular weight is 418 g/mol. The minimum absolute atomic E-state index is 0.0839. The van der Waals surface area contributed by atoms with Gasteiger partial charge in [-0.1, -0.05) is 81.4 Å². The summed E-state index contributed by atoms with van der Waals surface area (Å²) in [6.45, 7) is 6.17. The molecule has 1 radical (unpaired) electrons. The van der Waals surface area contributed by atoms with Gasteiger partial charge in [0, 0.05) is 5.56 Å². The van der Waals surface area contributed by atoms with Crippen LogP contribution in [-0.2, 0) is 4.43 Å². The van der Waals surface area contributed by atoms with Crippen molar-refractivity contribution in [3.8, 4) is 0 Å². The number of carboxylic acid groups (broad SMARTS) is 1. The molecule has 3 rings (SSSR count). The van der Waals surface area contributed by atoms with Crippen LogP contribution in [0.25, 0.3) is 0 Å². The fourth-order valence-corrected chi connectivity index (χ4v) is 5.69. The summed E-state index contributed by atoms with van der Waals surface area (Å²) in [4.78, 5) is 23.1. The summed E-state index contributed by atoms with van der Waals surface area (Å²) in [6, 6.07) is 24.9. The van der Waals surface area contributed by atoms with Crippen LogP contribution in [0.3, 0.4) is 0 Å². The molecule has 1 N–H and O–H groups in total. The Morgan fingerprint density at radius 2 is 1.47 bits per heavy atom. The summed E-state index contributed by atoms with van der Waals surface area (Å²) in [7, 11) is -1.62. The predicted octanol–water partition coefficient (Wildman–Crippen LogP) is 4.11. The van der Waals surface area contributed by atoms with Crippen molar-refractivity contribution in [2.24, 2.45) is 5.41 Å². The van der Waals surface area contributed by atoms with Gasteiger partial charge in [0.1, 0.15) is 6.29 Å². The molecule has 0 aliphatic rings. The van der Waals surface area contributed by atoms with Gasteiger partial charge in [-0.3, -0.25) is 4.79 Å². The minimum atomic E-state index is -1.62. The average Bonchev–Trinajstić information content (AvgIpc) is 2.74. The van der Waals surface area contributed by atoms with E-state index in [1.165, 1.54) is 6.07 Å². The molecule has 0 aliphatic carbocycles. The van der Waals surface area contributed by atoms with Crippen LogP contribution in [0.4, 0.5) is 0 Å². The maximum atomic E-state index is 11.6. The number of hydrogen-bond acceptors (Lipinski definition) is 3. The van der Waals surface area contributed by atoms with Gasteiger partial charge in [-0.15, -0.1) is 0 Å². The molecule has 3 aromatic rings. The van der Waals surface area contributed by atoms with E-state index in [1.807, 2.05) is 36.4 Å². The highest BCUT2D eigenvalue weighted by Crippen LogP contribution is 2.37. The Morgan fingerprint density at radius 3 is 1.90 bits per heavy atom. The second kappa shape index (κ2) is 9.20. The number of carboxylic acids is 1. The number of hydrogen-bond donors (Lipinski definition) is 1. The fourth-order valence-electron chi connectivity index (χ4n) is 3.36. The Labute approximate surface area is 178 Å². The largest absolute Gasteiger partial charge is 0.478 e. The molecule has 0 saturated carbocycles. The topological polar surface area (TPSA) is 63.6 Å². The lowest BCUT2D eigenvalue weighted by molar-refractivity contribution is 0.0694. The van der Waals surface area contributed by atoms with Gasteiger partial charge in [0.25, 0.3) is 9.04 Å². The molecule has 0 bridgehead atoms. The zero-order valence-electron chi connectivity index (χ0n) is 17.3. The lowest BCUT2D eigenvalue weighted by Gasteiger charge is -2.34. The standard InChI is InChI=1S/C25H25O4Si/c1-25(2,3)23(19-14-18(17-26)15-20(16-19)24(27)28)29-30(21-10-6-4-7-11-21)22-12-8-5-9-13-22/h4-17,23H,1-3H3,(H,27,28). The summed E-state index contributed by atoms with van der Waals surface area (Å²) < 4.78 is 6.80. The highest BCUT2D eigenvalue weighted by atomic mass is 28.3. The first-order chi connectivity index (χ1) is 14.3. The number of aldehydes is 1. The van der Waals surface area contributed by atoms with Gasteiger partial charge in [0.05, 0.1) is 11.7 Å². The zero-order valence-corrected chi connectivity index (χ0v) is 18.3. The van der Waals surface area contributed by atoms with E-state index >= 15 is 0 Å². The van der Waals surface area contributed by atoms with Crippen molar-refractivity contribution in [2.75, 3.05) is 0 Å². The molecule has 0 aliphatic heterocycles. The van der Waals surface area contributed by atoms with E-state index in [2.05, 4.69) is 45.0 Å². The molecule has 0 fully saturated rings. The van der Waals surface area contributed by atoms with Crippen molar-refractivity contribution in [2.45, 2.75) is 26.9 Å². The van der Waals surface area contributed by atoms with Gasteiger partial charge < -0.3 is 9.53 Å². The lowest BCUT2D eigenvalue weighted by Crippen LogP contribution is -2.47. The van der Waals surface area contributed by atoms with E-state index in [0.29, 0.717) is 17.4 Å².